The predicted octanol–water partition coefficient (Wildman–Crippen LogP) is 9.50. The fourth-order valence-electron chi connectivity index (χ4n) is 7.09. The van der Waals surface area contributed by atoms with Crippen LogP contribution in [0, 0.1) is 0 Å². The van der Waals surface area contributed by atoms with E-state index in [1.54, 1.807) is 5.30 Å². The summed E-state index contributed by atoms with van der Waals surface area (Å²) in [6.45, 7) is 0. The summed E-state index contributed by atoms with van der Waals surface area (Å²) in [6.07, 6.45) is 14.3. The molecule has 2 aliphatic rings. The molecule has 36 heavy (non-hydrogen) atoms. The molecular weight excluding hydrogens is 453 g/mol. The molecule has 0 saturated heterocycles. The molecule has 186 valence electrons. The average Bonchev–Trinajstić information content (AvgIpc) is 2.94. The molecule has 2 fully saturated rings. The minimum Gasteiger partial charge on any atom is -0.377 e. The Balaban J connectivity index is 1.63. The van der Waals surface area contributed by atoms with E-state index in [9.17, 15) is 0 Å². The molecule has 4 aromatic carbocycles. The van der Waals surface area contributed by atoms with Crippen LogP contribution in [0.15, 0.2) is 72.8 Å². The first-order valence-electron chi connectivity index (χ1n) is 14.2. The third-order valence-corrected chi connectivity index (χ3v) is 12.3. The highest BCUT2D eigenvalue weighted by Crippen LogP contribution is 2.57. The van der Waals surface area contributed by atoms with Crippen LogP contribution in [0.25, 0.3) is 32.7 Å². The van der Waals surface area contributed by atoms with Crippen molar-refractivity contribution in [1.29, 1.82) is 0 Å². The molecule has 2 aliphatic carbocycles. The van der Waals surface area contributed by atoms with Crippen molar-refractivity contribution >= 4 is 40.5 Å². The van der Waals surface area contributed by atoms with Gasteiger partial charge in [0.15, 0.2) is 0 Å². The molecule has 0 amide bonds. The largest absolute Gasteiger partial charge is 0.377 e. The first-order valence-corrected chi connectivity index (χ1v) is 15.7. The molecular formula is C34H40NP. The first kappa shape index (κ1) is 24.0. The van der Waals surface area contributed by atoms with Crippen LogP contribution in [0.1, 0.15) is 64.2 Å². The Morgan fingerprint density at radius 2 is 1.06 bits per heavy atom. The van der Waals surface area contributed by atoms with Crippen molar-refractivity contribution < 1.29 is 0 Å². The molecule has 4 aromatic rings. The van der Waals surface area contributed by atoms with Crippen LogP contribution in [-0.2, 0) is 0 Å². The molecule has 0 bridgehead atoms. The molecule has 6 rings (SSSR count). The highest BCUT2D eigenvalue weighted by molar-refractivity contribution is 7.67. The van der Waals surface area contributed by atoms with Gasteiger partial charge in [0.25, 0.3) is 0 Å². The van der Waals surface area contributed by atoms with E-state index < -0.39 is 0 Å². The van der Waals surface area contributed by atoms with Gasteiger partial charge in [0.1, 0.15) is 0 Å². The zero-order valence-electron chi connectivity index (χ0n) is 22.0. The van der Waals surface area contributed by atoms with E-state index in [4.69, 9.17) is 0 Å². The maximum Gasteiger partial charge on any atom is 0.0520 e. The maximum absolute atomic E-state index is 2.48. The van der Waals surface area contributed by atoms with Gasteiger partial charge in [-0.2, -0.15) is 0 Å². The number of anilines is 1. The van der Waals surface area contributed by atoms with Gasteiger partial charge in [0, 0.05) is 25.0 Å². The summed E-state index contributed by atoms with van der Waals surface area (Å²) in [7, 11) is 4.21. The smallest absolute Gasteiger partial charge is 0.0520 e. The van der Waals surface area contributed by atoms with Gasteiger partial charge < -0.3 is 4.90 Å². The summed E-state index contributed by atoms with van der Waals surface area (Å²) >= 11 is 0. The van der Waals surface area contributed by atoms with Crippen molar-refractivity contribution in [3.63, 3.8) is 0 Å². The average molecular weight is 494 g/mol. The van der Waals surface area contributed by atoms with Crippen molar-refractivity contribution in [3.05, 3.63) is 72.8 Å². The molecule has 2 saturated carbocycles. The second-order valence-corrected chi connectivity index (χ2v) is 14.0. The van der Waals surface area contributed by atoms with Crippen molar-refractivity contribution in [2.45, 2.75) is 75.5 Å². The minimum atomic E-state index is -0.230. The maximum atomic E-state index is 2.48. The van der Waals surface area contributed by atoms with Crippen LogP contribution >= 0.6 is 7.92 Å². The Kier molecular flexibility index (Phi) is 7.03. The second kappa shape index (κ2) is 10.5. The monoisotopic (exact) mass is 493 g/mol. The van der Waals surface area contributed by atoms with E-state index in [0.717, 1.165) is 11.3 Å². The number of hydrogen-bond donors (Lipinski definition) is 0. The Morgan fingerprint density at radius 1 is 0.556 bits per heavy atom. The Hall–Kier alpha value is -2.37. The van der Waals surface area contributed by atoms with Crippen LogP contribution in [0.5, 0.6) is 0 Å². The lowest BCUT2D eigenvalue weighted by Crippen LogP contribution is -2.28. The molecule has 0 aromatic heterocycles. The molecule has 0 spiro atoms. The summed E-state index contributed by atoms with van der Waals surface area (Å²) in [5.41, 5.74) is 6.05. The number of nitrogens with zero attached hydrogens (tertiary/aromatic N) is 1. The summed E-state index contributed by atoms with van der Waals surface area (Å²) in [5.74, 6) is 0. The quantitative estimate of drug-likeness (QED) is 0.250. The molecule has 2 heteroatoms. The molecule has 0 atom stereocenters. The first-order chi connectivity index (χ1) is 17.7. The van der Waals surface area contributed by atoms with Crippen molar-refractivity contribution in [2.75, 3.05) is 19.0 Å². The third-order valence-electron chi connectivity index (χ3n) is 8.73. The molecule has 0 heterocycles. The van der Waals surface area contributed by atoms with Gasteiger partial charge in [-0.25, -0.2) is 0 Å². The van der Waals surface area contributed by atoms with E-state index in [-0.39, 0.29) is 7.92 Å². The molecule has 0 radical (unpaired) electrons. The van der Waals surface area contributed by atoms with Crippen LogP contribution < -0.4 is 10.2 Å². The lowest BCUT2D eigenvalue weighted by atomic mass is 9.95. The molecule has 1 nitrogen and oxygen atoms in total. The van der Waals surface area contributed by atoms with Crippen molar-refractivity contribution in [2.24, 2.45) is 0 Å². The number of benzene rings is 4. The number of rotatable bonds is 5. The highest BCUT2D eigenvalue weighted by atomic mass is 31.1. The summed E-state index contributed by atoms with van der Waals surface area (Å²) in [5, 5.41) is 7.35. The van der Waals surface area contributed by atoms with Crippen LogP contribution in [0.4, 0.5) is 5.69 Å². The van der Waals surface area contributed by atoms with Crippen molar-refractivity contribution in [1.82, 2.24) is 0 Å². The van der Waals surface area contributed by atoms with Crippen LogP contribution in [0.2, 0.25) is 0 Å². The Labute approximate surface area is 218 Å². The van der Waals surface area contributed by atoms with Gasteiger partial charge in [0.2, 0.25) is 0 Å². The number of fused-ring (bicyclic) bond motifs is 2. The fourth-order valence-corrected chi connectivity index (χ4v) is 11.2. The minimum absolute atomic E-state index is 0.230. The molecule has 0 N–H and O–H groups in total. The molecule has 0 aliphatic heterocycles. The third kappa shape index (κ3) is 4.45. The van der Waals surface area contributed by atoms with Crippen LogP contribution in [0.3, 0.4) is 0 Å². The predicted molar refractivity (Wildman–Crippen MR) is 162 cm³/mol. The van der Waals surface area contributed by atoms with E-state index in [2.05, 4.69) is 91.8 Å². The van der Waals surface area contributed by atoms with E-state index >= 15 is 0 Å². The lowest BCUT2D eigenvalue weighted by molar-refractivity contribution is 0.487. The number of hydrogen-bond acceptors (Lipinski definition) is 1. The summed E-state index contributed by atoms with van der Waals surface area (Å²) in [6, 6.07) is 27.8. The van der Waals surface area contributed by atoms with Gasteiger partial charge in [0.05, 0.1) is 5.69 Å². The van der Waals surface area contributed by atoms with Gasteiger partial charge in [-0.05, 0) is 64.0 Å². The van der Waals surface area contributed by atoms with Crippen LogP contribution in [-0.4, -0.2) is 25.4 Å². The van der Waals surface area contributed by atoms with E-state index in [0.29, 0.717) is 0 Å². The topological polar surface area (TPSA) is 3.24 Å². The second-order valence-electron chi connectivity index (χ2n) is 11.3. The fraction of sp³-hybridized carbons (Fsp3) is 0.412. The zero-order chi connectivity index (χ0) is 24.5. The van der Waals surface area contributed by atoms with Gasteiger partial charge in [-0.1, -0.05) is 119 Å². The van der Waals surface area contributed by atoms with Crippen molar-refractivity contribution in [3.8, 4) is 11.1 Å². The SMILES string of the molecule is CN(C)c1c(-c2ccc3ccccc3c2P(C2CCCCC2)C2CCCCC2)ccc2ccccc12. The molecule has 0 unspecified atom stereocenters. The Morgan fingerprint density at radius 3 is 1.64 bits per heavy atom. The van der Waals surface area contributed by atoms with Gasteiger partial charge in [-0.15, -0.1) is 0 Å². The van der Waals surface area contributed by atoms with E-state index in [1.807, 2.05) is 0 Å². The zero-order valence-corrected chi connectivity index (χ0v) is 22.9. The van der Waals surface area contributed by atoms with E-state index in [1.165, 1.54) is 103 Å². The lowest BCUT2D eigenvalue weighted by Gasteiger charge is -2.40. The van der Waals surface area contributed by atoms with Gasteiger partial charge >= 0.3 is 0 Å². The Bertz CT molecular complexity index is 1330. The highest BCUT2D eigenvalue weighted by Gasteiger charge is 2.35. The summed E-state index contributed by atoms with van der Waals surface area (Å²) < 4.78 is 0. The standard InChI is InChI=1S/C34H40NP/c1-35(2)33-29-19-11-9-13-25(29)21-23-31(33)32-24-22-26-14-10-12-20-30(26)34(32)36(27-15-5-3-6-16-27)28-17-7-4-8-18-28/h9-14,19-24,27-28H,3-8,15-18H2,1-2H3. The summed E-state index contributed by atoms with van der Waals surface area (Å²) in [4.78, 5) is 2.35. The van der Waals surface area contributed by atoms with Gasteiger partial charge in [-0.3, -0.25) is 0 Å². The normalized spacial score (nSPS) is 17.8.